The van der Waals surface area contributed by atoms with Crippen molar-refractivity contribution < 1.29 is 4.79 Å². The van der Waals surface area contributed by atoms with Crippen LogP contribution in [-0.2, 0) is 4.79 Å². The molecule has 0 unspecified atom stereocenters. The van der Waals surface area contributed by atoms with Gasteiger partial charge in [0.25, 0.3) is 0 Å². The maximum atomic E-state index is 12.6. The second kappa shape index (κ2) is 7.36. The van der Waals surface area contributed by atoms with E-state index in [4.69, 9.17) is 0 Å². The van der Waals surface area contributed by atoms with Crippen LogP contribution in [-0.4, -0.2) is 47.2 Å². The number of anilines is 1. The van der Waals surface area contributed by atoms with Gasteiger partial charge in [0.05, 0.1) is 5.25 Å². The molecular formula is C17H21N3OS2. The lowest BCUT2D eigenvalue weighted by Gasteiger charge is -2.35. The van der Waals surface area contributed by atoms with Crippen LogP contribution in [0.5, 0.6) is 0 Å². The largest absolute Gasteiger partial charge is 0.345 e. The Kier molecular flexibility index (Phi) is 5.23. The highest BCUT2D eigenvalue weighted by Crippen LogP contribution is 2.26. The molecule has 122 valence electrons. The molecule has 1 atom stereocenters. The highest BCUT2D eigenvalue weighted by molar-refractivity contribution is 8.00. The molecular weight excluding hydrogens is 326 g/mol. The fraction of sp³-hybridized carbons (Fsp3) is 0.412. The van der Waals surface area contributed by atoms with E-state index in [1.165, 1.54) is 5.56 Å². The fourth-order valence-corrected chi connectivity index (χ4v) is 4.27. The van der Waals surface area contributed by atoms with Crippen LogP contribution in [0.15, 0.2) is 40.7 Å². The smallest absolute Gasteiger partial charge is 0.235 e. The third-order valence-corrected chi connectivity index (χ3v) is 5.89. The lowest BCUT2D eigenvalue weighted by Crippen LogP contribution is -2.50. The van der Waals surface area contributed by atoms with Gasteiger partial charge < -0.3 is 9.80 Å². The maximum absolute atomic E-state index is 12.6. The van der Waals surface area contributed by atoms with E-state index in [1.54, 1.807) is 23.1 Å². The molecule has 6 heteroatoms. The first-order valence-corrected chi connectivity index (χ1v) is 9.56. The first-order valence-electron chi connectivity index (χ1n) is 7.80. The zero-order chi connectivity index (χ0) is 16.2. The molecule has 4 nitrogen and oxygen atoms in total. The quantitative estimate of drug-likeness (QED) is 0.795. The Hall–Kier alpha value is -1.53. The Balaban J connectivity index is 1.53. The van der Waals surface area contributed by atoms with Crippen molar-refractivity contribution >= 4 is 34.1 Å². The zero-order valence-corrected chi connectivity index (χ0v) is 15.1. The van der Waals surface area contributed by atoms with Crippen LogP contribution in [0.3, 0.4) is 0 Å². The molecule has 1 aliphatic rings. The van der Waals surface area contributed by atoms with E-state index in [0.717, 1.165) is 36.2 Å². The Morgan fingerprint density at radius 1 is 1.22 bits per heavy atom. The molecule has 0 saturated carbocycles. The van der Waals surface area contributed by atoms with Gasteiger partial charge in [0.2, 0.25) is 5.91 Å². The molecule has 0 aliphatic carbocycles. The third kappa shape index (κ3) is 4.06. The molecule has 0 spiro atoms. The summed E-state index contributed by atoms with van der Waals surface area (Å²) < 4.78 is 0. The van der Waals surface area contributed by atoms with Crippen LogP contribution in [0.1, 0.15) is 12.5 Å². The molecule has 2 aromatic rings. The third-order valence-electron chi connectivity index (χ3n) is 3.96. The van der Waals surface area contributed by atoms with Crippen LogP contribution >= 0.6 is 23.1 Å². The van der Waals surface area contributed by atoms with Gasteiger partial charge >= 0.3 is 0 Å². The van der Waals surface area contributed by atoms with Gasteiger partial charge in [-0.15, -0.1) is 23.1 Å². The predicted octanol–water partition coefficient (Wildman–Crippen LogP) is 3.28. The van der Waals surface area contributed by atoms with Crippen molar-refractivity contribution in [2.24, 2.45) is 0 Å². The highest BCUT2D eigenvalue weighted by Gasteiger charge is 2.26. The van der Waals surface area contributed by atoms with Gasteiger partial charge in [-0.25, -0.2) is 4.98 Å². The number of hydrogen-bond donors (Lipinski definition) is 0. The first-order chi connectivity index (χ1) is 11.1. The summed E-state index contributed by atoms with van der Waals surface area (Å²) in [6, 6.07) is 8.35. The van der Waals surface area contributed by atoms with Gasteiger partial charge in [-0.3, -0.25) is 4.79 Å². The summed E-state index contributed by atoms with van der Waals surface area (Å²) in [4.78, 5) is 22.4. The number of aryl methyl sites for hydroxylation is 1. The minimum atomic E-state index is -0.0517. The van der Waals surface area contributed by atoms with Crippen molar-refractivity contribution in [2.45, 2.75) is 24.0 Å². The van der Waals surface area contributed by atoms with E-state index in [-0.39, 0.29) is 11.2 Å². The Bertz CT molecular complexity index is 634. The summed E-state index contributed by atoms with van der Waals surface area (Å²) in [6.45, 7) is 7.35. The van der Waals surface area contributed by atoms with Crippen LogP contribution in [0.25, 0.3) is 0 Å². The minimum Gasteiger partial charge on any atom is -0.345 e. The SMILES string of the molecule is Cc1ccc(S[C@@H](C)C(=O)N2CCN(c3nccs3)CC2)cc1. The van der Waals surface area contributed by atoms with Crippen LogP contribution in [0, 0.1) is 6.92 Å². The monoisotopic (exact) mass is 347 g/mol. The maximum Gasteiger partial charge on any atom is 0.235 e. The van der Waals surface area contributed by atoms with Crippen molar-refractivity contribution in [2.75, 3.05) is 31.1 Å². The highest BCUT2D eigenvalue weighted by atomic mass is 32.2. The van der Waals surface area contributed by atoms with Gasteiger partial charge in [0.15, 0.2) is 5.13 Å². The Morgan fingerprint density at radius 3 is 2.52 bits per heavy atom. The average Bonchev–Trinajstić information content (AvgIpc) is 3.11. The molecule has 1 saturated heterocycles. The van der Waals surface area contributed by atoms with E-state index in [0.29, 0.717) is 0 Å². The normalized spacial score (nSPS) is 16.4. The van der Waals surface area contributed by atoms with Crippen LogP contribution < -0.4 is 4.90 Å². The van der Waals surface area contributed by atoms with E-state index in [9.17, 15) is 4.79 Å². The second-order valence-corrected chi connectivity index (χ2v) is 7.99. The molecule has 0 N–H and O–H groups in total. The molecule has 1 aliphatic heterocycles. The summed E-state index contributed by atoms with van der Waals surface area (Å²) >= 11 is 3.29. The number of carbonyl (C=O) groups excluding carboxylic acids is 1. The molecule has 3 rings (SSSR count). The van der Waals surface area contributed by atoms with Crippen LogP contribution in [0.2, 0.25) is 0 Å². The van der Waals surface area contributed by atoms with E-state index in [1.807, 2.05) is 23.4 Å². The number of amides is 1. The van der Waals surface area contributed by atoms with Gasteiger partial charge in [-0.05, 0) is 26.0 Å². The van der Waals surface area contributed by atoms with E-state index < -0.39 is 0 Å². The zero-order valence-electron chi connectivity index (χ0n) is 13.4. The topological polar surface area (TPSA) is 36.4 Å². The molecule has 2 heterocycles. The number of nitrogens with zero attached hydrogens (tertiary/aromatic N) is 3. The number of thioether (sulfide) groups is 1. The number of hydrogen-bond acceptors (Lipinski definition) is 5. The van der Waals surface area contributed by atoms with Crippen molar-refractivity contribution in [3.8, 4) is 0 Å². The summed E-state index contributed by atoms with van der Waals surface area (Å²) in [7, 11) is 0. The summed E-state index contributed by atoms with van der Waals surface area (Å²) in [5.74, 6) is 0.231. The minimum absolute atomic E-state index is 0.0517. The van der Waals surface area contributed by atoms with Crippen molar-refractivity contribution in [1.82, 2.24) is 9.88 Å². The van der Waals surface area contributed by atoms with E-state index >= 15 is 0 Å². The van der Waals surface area contributed by atoms with Gasteiger partial charge in [0, 0.05) is 42.7 Å². The molecule has 1 aromatic heterocycles. The Morgan fingerprint density at radius 2 is 1.91 bits per heavy atom. The fourth-order valence-electron chi connectivity index (χ4n) is 2.62. The molecule has 0 bridgehead atoms. The molecule has 1 fully saturated rings. The summed E-state index contributed by atoms with van der Waals surface area (Å²) in [5.41, 5.74) is 1.24. The number of piperazine rings is 1. The lowest BCUT2D eigenvalue weighted by molar-refractivity contribution is -0.130. The molecule has 23 heavy (non-hydrogen) atoms. The lowest BCUT2D eigenvalue weighted by atomic mass is 10.2. The summed E-state index contributed by atoms with van der Waals surface area (Å²) in [5, 5.41) is 3.00. The second-order valence-electron chi connectivity index (χ2n) is 5.70. The number of aromatic nitrogens is 1. The summed E-state index contributed by atoms with van der Waals surface area (Å²) in [6.07, 6.45) is 1.83. The molecule has 0 radical (unpaired) electrons. The Labute approximate surface area is 145 Å². The van der Waals surface area contributed by atoms with Gasteiger partial charge in [-0.2, -0.15) is 0 Å². The number of thiazole rings is 1. The van der Waals surface area contributed by atoms with Gasteiger partial charge in [-0.1, -0.05) is 17.7 Å². The van der Waals surface area contributed by atoms with E-state index in [2.05, 4.69) is 41.1 Å². The number of rotatable bonds is 4. The number of benzene rings is 1. The molecule has 1 aromatic carbocycles. The first kappa shape index (κ1) is 16.3. The van der Waals surface area contributed by atoms with Gasteiger partial charge in [0.1, 0.15) is 0 Å². The number of carbonyl (C=O) groups is 1. The molecule has 1 amide bonds. The predicted molar refractivity (Wildman–Crippen MR) is 97.4 cm³/mol. The van der Waals surface area contributed by atoms with Crippen molar-refractivity contribution in [1.29, 1.82) is 0 Å². The van der Waals surface area contributed by atoms with Crippen LogP contribution in [0.4, 0.5) is 5.13 Å². The standard InChI is InChI=1S/C17H21N3OS2/c1-13-3-5-15(6-4-13)23-14(2)16(21)19-8-10-20(11-9-19)17-18-7-12-22-17/h3-7,12,14H,8-11H2,1-2H3/t14-/m0/s1. The van der Waals surface area contributed by atoms with Crippen molar-refractivity contribution in [3.05, 3.63) is 41.4 Å². The average molecular weight is 348 g/mol. The van der Waals surface area contributed by atoms with Crippen molar-refractivity contribution in [3.63, 3.8) is 0 Å².